The normalized spacial score (nSPS) is 11.3. The van der Waals surface area contributed by atoms with Crippen molar-refractivity contribution in [1.29, 1.82) is 0 Å². The minimum absolute atomic E-state index is 0.117. The maximum Gasteiger partial charge on any atom is 0.333 e. The second-order valence-electron chi connectivity index (χ2n) is 5.99. The lowest BCUT2D eigenvalue weighted by molar-refractivity contribution is 0.0561. The number of nitrogens with one attached hydrogen (secondary N) is 1. The molecule has 0 aliphatic carbocycles. The molecule has 1 amide bonds. The summed E-state index contributed by atoms with van der Waals surface area (Å²) in [6.07, 6.45) is 6.19. The van der Waals surface area contributed by atoms with Crippen LogP contribution in [-0.4, -0.2) is 45.4 Å². The smallest absolute Gasteiger partial charge is 0.333 e. The number of hydrogen-bond acceptors (Lipinski definition) is 5. The molecule has 0 spiro atoms. The second-order valence-corrected chi connectivity index (χ2v) is 5.99. The number of methoxy groups -OCH3 is 1. The zero-order chi connectivity index (χ0) is 20.1. The molecule has 0 unspecified atom stereocenters. The van der Waals surface area contributed by atoms with E-state index in [-0.39, 0.29) is 5.69 Å². The van der Waals surface area contributed by atoms with Gasteiger partial charge in [-0.25, -0.2) is 9.67 Å². The number of carbonyl (C=O) groups excluding carboxylic acids is 1. The topological polar surface area (TPSA) is 82.7 Å². The number of alkyl halides is 2. The van der Waals surface area contributed by atoms with Gasteiger partial charge in [0.1, 0.15) is 17.1 Å². The number of amides is 1. The summed E-state index contributed by atoms with van der Waals surface area (Å²) in [7, 11) is 1.65. The zero-order valence-electron chi connectivity index (χ0n) is 15.6. The van der Waals surface area contributed by atoms with E-state index in [4.69, 9.17) is 9.47 Å². The van der Waals surface area contributed by atoms with Crippen LogP contribution in [0.2, 0.25) is 0 Å². The number of aromatic nitrogens is 4. The van der Waals surface area contributed by atoms with Crippen molar-refractivity contribution in [2.75, 3.05) is 25.6 Å². The van der Waals surface area contributed by atoms with Crippen molar-refractivity contribution in [3.05, 3.63) is 42.1 Å². The predicted molar refractivity (Wildman–Crippen MR) is 98.0 cm³/mol. The number of halogens is 2. The van der Waals surface area contributed by atoms with Crippen LogP contribution in [0.5, 0.6) is 5.75 Å². The van der Waals surface area contributed by atoms with Crippen molar-refractivity contribution in [1.82, 2.24) is 19.2 Å². The quantitative estimate of drug-likeness (QED) is 0.565. The van der Waals surface area contributed by atoms with E-state index in [9.17, 15) is 13.6 Å². The van der Waals surface area contributed by atoms with E-state index in [1.165, 1.54) is 6.07 Å². The summed E-state index contributed by atoms with van der Waals surface area (Å²) in [5.41, 5.74) is 1.84. The SMILES string of the molecule is CCOc1cc2nc(CCCOC)cn2cc1NC(=O)c1ccn(C(F)F)n1. The average Bonchev–Trinajstić information content (AvgIpc) is 3.29. The van der Waals surface area contributed by atoms with Crippen molar-refractivity contribution in [2.45, 2.75) is 26.3 Å². The Labute approximate surface area is 160 Å². The Hall–Kier alpha value is -3.01. The van der Waals surface area contributed by atoms with Gasteiger partial charge in [0.25, 0.3) is 5.91 Å². The fourth-order valence-corrected chi connectivity index (χ4v) is 2.71. The van der Waals surface area contributed by atoms with Crippen molar-refractivity contribution in [3.63, 3.8) is 0 Å². The number of aryl methyl sites for hydroxylation is 1. The highest BCUT2D eigenvalue weighted by atomic mass is 19.3. The fraction of sp³-hybridized carbons (Fsp3) is 0.389. The summed E-state index contributed by atoms with van der Waals surface area (Å²) in [6.45, 7) is 0.0480. The summed E-state index contributed by atoms with van der Waals surface area (Å²) < 4.78 is 38.2. The number of rotatable bonds is 9. The molecule has 3 heterocycles. The van der Waals surface area contributed by atoms with Crippen molar-refractivity contribution in [2.24, 2.45) is 0 Å². The van der Waals surface area contributed by atoms with E-state index in [2.05, 4.69) is 15.4 Å². The Bertz CT molecular complexity index is 954. The van der Waals surface area contributed by atoms with Gasteiger partial charge in [0.05, 0.1) is 12.3 Å². The lowest BCUT2D eigenvalue weighted by Crippen LogP contribution is -2.15. The van der Waals surface area contributed by atoms with Crippen LogP contribution in [0.15, 0.2) is 30.7 Å². The molecule has 0 atom stereocenters. The maximum absolute atomic E-state index is 12.7. The van der Waals surface area contributed by atoms with E-state index in [1.807, 2.05) is 13.1 Å². The minimum atomic E-state index is -2.81. The van der Waals surface area contributed by atoms with Crippen molar-refractivity contribution in [3.8, 4) is 5.75 Å². The molecule has 3 rings (SSSR count). The molecular weight excluding hydrogens is 372 g/mol. The van der Waals surface area contributed by atoms with E-state index in [0.717, 1.165) is 24.7 Å². The zero-order valence-corrected chi connectivity index (χ0v) is 15.6. The van der Waals surface area contributed by atoms with Crippen molar-refractivity contribution >= 4 is 17.2 Å². The number of hydrogen-bond donors (Lipinski definition) is 1. The molecule has 1 N–H and O–H groups in total. The van der Waals surface area contributed by atoms with Gasteiger partial charge in [-0.2, -0.15) is 13.9 Å². The molecule has 0 aromatic carbocycles. The first kappa shape index (κ1) is 19.7. The van der Waals surface area contributed by atoms with Gasteiger partial charge < -0.3 is 19.2 Å². The van der Waals surface area contributed by atoms with Crippen LogP contribution in [0.4, 0.5) is 14.5 Å². The van der Waals surface area contributed by atoms with Crippen LogP contribution < -0.4 is 10.1 Å². The molecule has 28 heavy (non-hydrogen) atoms. The van der Waals surface area contributed by atoms with Crippen LogP contribution >= 0.6 is 0 Å². The maximum atomic E-state index is 12.7. The molecule has 150 valence electrons. The second kappa shape index (κ2) is 8.79. The average molecular weight is 393 g/mol. The van der Waals surface area contributed by atoms with Gasteiger partial charge in [-0.05, 0) is 25.8 Å². The van der Waals surface area contributed by atoms with Crippen molar-refractivity contribution < 1.29 is 23.0 Å². The number of carbonyl (C=O) groups is 1. The first-order valence-electron chi connectivity index (χ1n) is 8.79. The number of pyridine rings is 1. The first-order chi connectivity index (χ1) is 13.5. The number of nitrogens with zero attached hydrogens (tertiary/aromatic N) is 4. The summed E-state index contributed by atoms with van der Waals surface area (Å²) in [5.74, 6) is -0.175. The highest BCUT2D eigenvalue weighted by molar-refractivity contribution is 6.03. The number of anilines is 1. The third-order valence-electron chi connectivity index (χ3n) is 3.98. The molecule has 3 aromatic heterocycles. The molecule has 0 radical (unpaired) electrons. The van der Waals surface area contributed by atoms with E-state index >= 15 is 0 Å². The monoisotopic (exact) mass is 393 g/mol. The summed E-state index contributed by atoms with van der Waals surface area (Å²) >= 11 is 0. The predicted octanol–water partition coefficient (Wildman–Crippen LogP) is 3.16. The van der Waals surface area contributed by atoms with E-state index in [1.54, 1.807) is 23.8 Å². The molecule has 8 nitrogen and oxygen atoms in total. The molecule has 0 saturated heterocycles. The van der Waals surface area contributed by atoms with E-state index in [0.29, 0.717) is 35.0 Å². The molecule has 10 heteroatoms. The van der Waals surface area contributed by atoms with Crippen LogP contribution in [0.25, 0.3) is 5.65 Å². The third kappa shape index (κ3) is 4.45. The highest BCUT2D eigenvalue weighted by Gasteiger charge is 2.17. The van der Waals surface area contributed by atoms with Gasteiger partial charge in [0.2, 0.25) is 0 Å². The molecule has 0 saturated carbocycles. The molecule has 3 aromatic rings. The van der Waals surface area contributed by atoms with Crippen LogP contribution in [0.3, 0.4) is 0 Å². The lowest BCUT2D eigenvalue weighted by atomic mass is 10.3. The molecule has 0 aliphatic heterocycles. The summed E-state index contributed by atoms with van der Waals surface area (Å²) in [6, 6.07) is 2.95. The Morgan fingerprint density at radius 1 is 1.36 bits per heavy atom. The van der Waals surface area contributed by atoms with Gasteiger partial charge in [-0.15, -0.1) is 0 Å². The van der Waals surface area contributed by atoms with Gasteiger partial charge in [-0.1, -0.05) is 0 Å². The van der Waals surface area contributed by atoms with Gasteiger partial charge in [0.15, 0.2) is 5.69 Å². The Morgan fingerprint density at radius 3 is 2.86 bits per heavy atom. The van der Waals surface area contributed by atoms with Gasteiger partial charge in [0, 0.05) is 38.4 Å². The Balaban J connectivity index is 1.84. The standard InChI is InChI=1S/C18H21F2N5O3/c1-3-28-15-9-16-21-12(5-4-8-27-2)10-24(16)11-14(15)22-17(26)13-6-7-25(23-13)18(19)20/h6-7,9-11,18H,3-5,8H2,1-2H3,(H,22,26). The van der Waals surface area contributed by atoms with Gasteiger partial charge in [-0.3, -0.25) is 4.79 Å². The minimum Gasteiger partial charge on any atom is -0.491 e. The summed E-state index contributed by atoms with van der Waals surface area (Å²) in [5, 5.41) is 6.24. The molecular formula is C18H21F2N5O3. The van der Waals surface area contributed by atoms with Gasteiger partial charge >= 0.3 is 6.55 Å². The Morgan fingerprint density at radius 2 is 2.18 bits per heavy atom. The van der Waals surface area contributed by atoms with Crippen LogP contribution in [0, 0.1) is 0 Å². The molecule has 0 bridgehead atoms. The van der Waals surface area contributed by atoms with Crippen LogP contribution in [0.1, 0.15) is 36.1 Å². The molecule has 0 fully saturated rings. The lowest BCUT2D eigenvalue weighted by Gasteiger charge is -2.11. The highest BCUT2D eigenvalue weighted by Crippen LogP contribution is 2.27. The number of ether oxygens (including phenoxy) is 2. The number of imidazole rings is 1. The first-order valence-corrected chi connectivity index (χ1v) is 8.79. The Kier molecular flexibility index (Phi) is 6.19. The molecule has 0 aliphatic rings. The third-order valence-corrected chi connectivity index (χ3v) is 3.98. The summed E-state index contributed by atoms with van der Waals surface area (Å²) in [4.78, 5) is 16.9. The largest absolute Gasteiger partial charge is 0.491 e. The fourth-order valence-electron chi connectivity index (χ4n) is 2.71. The van der Waals surface area contributed by atoms with Crippen LogP contribution in [-0.2, 0) is 11.2 Å². The number of fused-ring (bicyclic) bond motifs is 1. The van der Waals surface area contributed by atoms with E-state index < -0.39 is 12.5 Å².